The number of para-hydroxylation sites is 1. The van der Waals surface area contributed by atoms with Crippen LogP contribution in [0.1, 0.15) is 15.4 Å². The molecule has 6 nitrogen and oxygen atoms in total. The second-order valence-corrected chi connectivity index (χ2v) is 6.43. The molecule has 0 spiro atoms. The lowest BCUT2D eigenvalue weighted by atomic mass is 10.1. The molecule has 1 aliphatic heterocycles. The average Bonchev–Trinajstić information content (AvgIpc) is 3.31. The Bertz CT molecular complexity index is 917. The fourth-order valence-corrected chi connectivity index (χ4v) is 3.60. The number of quaternary nitrogens is 1. The fraction of sp³-hybridized carbons (Fsp3) is 0.0556. The van der Waals surface area contributed by atoms with Crippen LogP contribution in [0.5, 0.6) is 0 Å². The molecule has 0 aliphatic carbocycles. The molecule has 26 heavy (non-hydrogen) atoms. The predicted molar refractivity (Wildman–Crippen MR) is 98.6 cm³/mol. The Hall–Kier alpha value is -2.39. The number of halogens is 1. The number of thiazole rings is 1. The van der Waals surface area contributed by atoms with Crippen LogP contribution in [0, 0.1) is 0 Å². The first-order valence-electron chi connectivity index (χ1n) is 7.77. The van der Waals surface area contributed by atoms with E-state index in [9.17, 15) is 4.79 Å². The minimum Gasteiger partial charge on any atom is -1.00 e. The quantitative estimate of drug-likeness (QED) is 0.596. The molecule has 1 aliphatic rings. The van der Waals surface area contributed by atoms with Crippen LogP contribution in [-0.2, 0) is 0 Å². The zero-order valence-corrected chi connectivity index (χ0v) is 16.3. The maximum absolute atomic E-state index is 13.6. The average molecular weight is 430 g/mol. The van der Waals surface area contributed by atoms with Gasteiger partial charge < -0.3 is 17.0 Å². The van der Waals surface area contributed by atoms with Gasteiger partial charge in [0.05, 0.1) is 12.6 Å². The molecule has 132 valence electrons. The monoisotopic (exact) mass is 429 g/mol. The number of rotatable bonds is 3. The highest BCUT2D eigenvalue weighted by atomic mass is 79.9. The summed E-state index contributed by atoms with van der Waals surface area (Å²) in [4.78, 5) is 17.8. The summed E-state index contributed by atoms with van der Waals surface area (Å²) in [6.45, 7) is 0. The number of amides is 1. The Labute approximate surface area is 165 Å². The molecule has 0 bridgehead atoms. The van der Waals surface area contributed by atoms with Crippen molar-refractivity contribution in [2.75, 3.05) is 7.05 Å². The highest BCUT2D eigenvalue weighted by Crippen LogP contribution is 2.33. The number of benzene rings is 2. The first kappa shape index (κ1) is 18.4. The molecule has 1 unspecified atom stereocenters. The van der Waals surface area contributed by atoms with Gasteiger partial charge in [0.25, 0.3) is 5.84 Å². The van der Waals surface area contributed by atoms with Gasteiger partial charge in [0.15, 0.2) is 5.69 Å². The van der Waals surface area contributed by atoms with E-state index in [4.69, 9.17) is 0 Å². The molecular formula is C18H16BrN5OS. The van der Waals surface area contributed by atoms with Crippen molar-refractivity contribution < 1.29 is 21.8 Å². The molecule has 0 saturated heterocycles. The highest BCUT2D eigenvalue weighted by Gasteiger charge is 2.55. The molecule has 3 aromatic rings. The minimum atomic E-state index is -0.196. The maximum Gasteiger partial charge on any atom is 0.407 e. The third-order valence-corrected chi connectivity index (χ3v) is 4.89. The molecule has 0 fully saturated rings. The van der Waals surface area contributed by atoms with Crippen LogP contribution in [0.15, 0.2) is 77.3 Å². The second-order valence-electron chi connectivity index (χ2n) is 5.54. The molecule has 2 aromatic carbocycles. The van der Waals surface area contributed by atoms with Crippen LogP contribution in [0.4, 0.5) is 5.69 Å². The fourth-order valence-electron chi connectivity index (χ4n) is 3.00. The maximum atomic E-state index is 13.6. The van der Waals surface area contributed by atoms with Gasteiger partial charge in [-0.2, -0.15) is 5.53 Å². The lowest BCUT2D eigenvalue weighted by molar-refractivity contribution is -0.0000208. The number of hydrazine groups is 1. The Morgan fingerprint density at radius 3 is 2.35 bits per heavy atom. The molecular weight excluding hydrogens is 414 g/mol. The largest absolute Gasteiger partial charge is 1.00 e. The van der Waals surface area contributed by atoms with Crippen molar-refractivity contribution in [2.24, 2.45) is 5.10 Å². The number of hydrazone groups is 1. The summed E-state index contributed by atoms with van der Waals surface area (Å²) in [7, 11) is 1.80. The van der Waals surface area contributed by atoms with Gasteiger partial charge in [-0.15, -0.1) is 16.4 Å². The lowest BCUT2D eigenvalue weighted by Gasteiger charge is -2.33. The Morgan fingerprint density at radius 2 is 1.73 bits per heavy atom. The van der Waals surface area contributed by atoms with Crippen molar-refractivity contribution in [3.8, 4) is 0 Å². The van der Waals surface area contributed by atoms with Crippen LogP contribution >= 0.6 is 11.3 Å². The summed E-state index contributed by atoms with van der Waals surface area (Å²) in [5, 5.41) is 8.40. The summed E-state index contributed by atoms with van der Waals surface area (Å²) in [6, 6.07) is 19.3. The number of hydrogen-bond acceptors (Lipinski definition) is 6. The number of amidine groups is 1. The number of nitrogens with one attached hydrogen (secondary N) is 1. The van der Waals surface area contributed by atoms with Crippen LogP contribution in [0.2, 0.25) is 0 Å². The van der Waals surface area contributed by atoms with Crippen molar-refractivity contribution in [1.82, 2.24) is 20.2 Å². The van der Waals surface area contributed by atoms with E-state index in [2.05, 4.69) is 15.6 Å². The molecule has 0 saturated carbocycles. The second kappa shape index (κ2) is 7.46. The van der Waals surface area contributed by atoms with Gasteiger partial charge >= 0.3 is 5.91 Å². The summed E-state index contributed by atoms with van der Waals surface area (Å²) >= 11 is 1.32. The zero-order valence-electron chi connectivity index (χ0n) is 13.9. The van der Waals surface area contributed by atoms with Gasteiger partial charge in [-0.05, 0) is 17.3 Å². The third kappa shape index (κ3) is 2.77. The summed E-state index contributed by atoms with van der Waals surface area (Å²) in [5.41, 5.74) is 4.61. The van der Waals surface area contributed by atoms with Crippen LogP contribution in [0.3, 0.4) is 0 Å². The lowest BCUT2D eigenvalue weighted by Crippen LogP contribution is -3.00. The van der Waals surface area contributed by atoms with Gasteiger partial charge in [0.2, 0.25) is 5.01 Å². The van der Waals surface area contributed by atoms with Crippen molar-refractivity contribution in [3.05, 3.63) is 82.8 Å². The van der Waals surface area contributed by atoms with Crippen LogP contribution < -0.4 is 27.1 Å². The number of hydrogen-bond donors (Lipinski definition) is 1. The highest BCUT2D eigenvalue weighted by molar-refractivity contribution is 7.11. The number of aromatic nitrogens is 1. The van der Waals surface area contributed by atoms with Gasteiger partial charge in [-0.25, -0.2) is 9.78 Å². The van der Waals surface area contributed by atoms with Crippen molar-refractivity contribution >= 4 is 28.8 Å². The zero-order chi connectivity index (χ0) is 17.3. The SMILES string of the molecule is CN1NN=C(c2ccccc2)[N+]1(C(=O)c1nccs1)c1ccccc1.[Br-]. The van der Waals surface area contributed by atoms with Crippen molar-refractivity contribution in [2.45, 2.75) is 0 Å². The van der Waals surface area contributed by atoms with Crippen LogP contribution in [-0.4, -0.2) is 28.9 Å². The predicted octanol–water partition coefficient (Wildman–Crippen LogP) is 0.0216. The Morgan fingerprint density at radius 1 is 1.08 bits per heavy atom. The molecule has 1 amide bonds. The topological polar surface area (TPSA) is 57.6 Å². The normalized spacial score (nSPS) is 19.3. The summed E-state index contributed by atoms with van der Waals surface area (Å²) in [6.07, 6.45) is 1.64. The molecule has 1 aromatic heterocycles. The van der Waals surface area contributed by atoms with E-state index in [0.29, 0.717) is 10.8 Å². The molecule has 8 heteroatoms. The first-order chi connectivity index (χ1) is 12.2. The van der Waals surface area contributed by atoms with E-state index >= 15 is 0 Å². The van der Waals surface area contributed by atoms with Crippen molar-refractivity contribution in [3.63, 3.8) is 0 Å². The van der Waals surface area contributed by atoms with E-state index in [0.717, 1.165) is 11.3 Å². The van der Waals surface area contributed by atoms with Gasteiger partial charge in [-0.3, -0.25) is 0 Å². The van der Waals surface area contributed by atoms with E-state index in [1.807, 2.05) is 60.7 Å². The standard InChI is InChI=1S/C18H16N5OS.BrH/c1-22-21-20-16(14-8-4-2-5-9-14)23(22,15-10-6-3-7-11-15)18(24)17-19-12-13-25-17;/h2-13,21H,1H3;1H/q+1;/p-1. The third-order valence-electron chi connectivity index (χ3n) is 4.13. The van der Waals surface area contributed by atoms with Crippen LogP contribution in [0.25, 0.3) is 0 Å². The number of nitrogens with zero attached hydrogens (tertiary/aromatic N) is 4. The molecule has 0 radical (unpaired) electrons. The van der Waals surface area contributed by atoms with E-state index in [1.165, 1.54) is 11.3 Å². The molecule has 1 N–H and O–H groups in total. The molecule has 2 heterocycles. The Balaban J connectivity index is 0.00000196. The molecule has 1 atom stereocenters. The van der Waals surface area contributed by atoms with E-state index < -0.39 is 0 Å². The van der Waals surface area contributed by atoms with E-state index in [1.54, 1.807) is 23.7 Å². The first-order valence-corrected chi connectivity index (χ1v) is 8.65. The van der Waals surface area contributed by atoms with Gasteiger partial charge in [0.1, 0.15) is 0 Å². The minimum absolute atomic E-state index is 0. The number of carbonyl (C=O) groups excluding carboxylic acids is 1. The van der Waals surface area contributed by atoms with Crippen molar-refractivity contribution in [1.29, 1.82) is 0 Å². The number of carbonyl (C=O) groups is 1. The van der Waals surface area contributed by atoms with Gasteiger partial charge in [0, 0.05) is 23.7 Å². The smallest absolute Gasteiger partial charge is 0.407 e. The summed E-state index contributed by atoms with van der Waals surface area (Å²) < 4.78 is -0.196. The summed E-state index contributed by atoms with van der Waals surface area (Å²) in [5.74, 6) is 0.450. The Kier molecular flexibility index (Phi) is 5.28. The van der Waals surface area contributed by atoms with Gasteiger partial charge in [-0.1, -0.05) is 41.0 Å². The van der Waals surface area contributed by atoms with E-state index in [-0.39, 0.29) is 27.5 Å². The molecule has 4 rings (SSSR count).